The molecule has 1 N–H and O–H groups in total. The van der Waals surface area contributed by atoms with Gasteiger partial charge in [0.1, 0.15) is 5.75 Å². The van der Waals surface area contributed by atoms with Crippen molar-refractivity contribution in [3.63, 3.8) is 0 Å². The molecule has 2 heteroatoms. The lowest BCUT2D eigenvalue weighted by molar-refractivity contribution is 0.409. The molecule has 1 unspecified atom stereocenters. The molecule has 0 fully saturated rings. The van der Waals surface area contributed by atoms with Gasteiger partial charge >= 0.3 is 0 Å². The molecule has 1 heterocycles. The predicted octanol–water partition coefficient (Wildman–Crippen LogP) is 2.10. The Kier molecular flexibility index (Phi) is 2.25. The van der Waals surface area contributed by atoms with Crippen molar-refractivity contribution in [1.82, 2.24) is 0 Å². The van der Waals surface area contributed by atoms with Crippen molar-refractivity contribution in [3.05, 3.63) is 57.5 Å². The normalized spacial score (nSPS) is 17.9. The van der Waals surface area contributed by atoms with Crippen LogP contribution in [0.1, 0.15) is 16.7 Å². The van der Waals surface area contributed by atoms with Crippen molar-refractivity contribution in [2.75, 3.05) is 12.4 Å². The predicted molar refractivity (Wildman–Crippen MR) is 82.5 cm³/mol. The van der Waals surface area contributed by atoms with Gasteiger partial charge in [-0.05, 0) is 47.6 Å². The molecule has 1 atom stereocenters. The third-order valence-electron chi connectivity index (χ3n) is 4.41. The minimum absolute atomic E-state index is 0.299. The van der Waals surface area contributed by atoms with Gasteiger partial charge in [-0.3, -0.25) is 0 Å². The second-order valence-electron chi connectivity index (χ2n) is 5.56. The molecule has 2 aromatic rings. The van der Waals surface area contributed by atoms with Gasteiger partial charge in [0.05, 0.1) is 13.2 Å². The molecule has 0 radical (unpaired) electrons. The van der Waals surface area contributed by atoms with Gasteiger partial charge in [-0.2, -0.15) is 0 Å². The maximum atomic E-state index is 5.53. The molecule has 2 aromatic carbocycles. The van der Waals surface area contributed by atoms with E-state index in [4.69, 9.17) is 4.74 Å². The summed E-state index contributed by atoms with van der Waals surface area (Å²) in [6, 6.07) is 11.2. The molecule has 1 aliphatic heterocycles. The Labute approximate surface area is 118 Å². The molecule has 20 heavy (non-hydrogen) atoms. The van der Waals surface area contributed by atoms with E-state index in [9.17, 15) is 0 Å². The molecular weight excluding hydrogens is 246 g/mol. The number of rotatable bonds is 1. The molecule has 1 aliphatic carbocycles. The van der Waals surface area contributed by atoms with Crippen LogP contribution >= 0.6 is 0 Å². The van der Waals surface area contributed by atoms with Crippen LogP contribution < -0.4 is 20.5 Å². The zero-order valence-electron chi connectivity index (χ0n) is 11.9. The van der Waals surface area contributed by atoms with Gasteiger partial charge in [0.15, 0.2) is 0 Å². The fourth-order valence-corrected chi connectivity index (χ4v) is 3.58. The van der Waals surface area contributed by atoms with Crippen LogP contribution in [-0.2, 0) is 0 Å². The summed E-state index contributed by atoms with van der Waals surface area (Å²) in [5.41, 5.74) is 6.35. The third kappa shape index (κ3) is 1.34. The van der Waals surface area contributed by atoms with Gasteiger partial charge in [0.25, 0.3) is 0 Å². The maximum Gasteiger partial charge on any atom is 0.126 e. The number of benzene rings is 2. The first-order chi connectivity index (χ1) is 9.70. The van der Waals surface area contributed by atoms with Gasteiger partial charge < -0.3 is 10.1 Å². The van der Waals surface area contributed by atoms with Gasteiger partial charge in [-0.15, -0.1) is 0 Å². The summed E-state index contributed by atoms with van der Waals surface area (Å²) in [7, 11) is 1.74. The highest BCUT2D eigenvalue weighted by atomic mass is 16.5. The summed E-state index contributed by atoms with van der Waals surface area (Å²) in [6.07, 6.45) is 2.31. The quantitative estimate of drug-likeness (QED) is 0.851. The number of ether oxygens (including phenoxy) is 1. The Bertz CT molecular complexity index is 848. The number of nitrogens with one attached hydrogen (secondary N) is 1. The first-order valence-electron chi connectivity index (χ1n) is 6.97. The SMILES string of the molecule is COc1c(C)cc2c(c1C)NC1C=c3ccccc3=C21. The summed E-state index contributed by atoms with van der Waals surface area (Å²) in [6.45, 7) is 4.25. The largest absolute Gasteiger partial charge is 0.496 e. The first-order valence-corrected chi connectivity index (χ1v) is 6.97. The molecule has 0 saturated carbocycles. The van der Waals surface area contributed by atoms with E-state index in [0.29, 0.717) is 6.04 Å². The molecule has 0 spiro atoms. The highest BCUT2D eigenvalue weighted by Gasteiger charge is 2.31. The second kappa shape index (κ2) is 3.89. The highest BCUT2D eigenvalue weighted by Crippen LogP contribution is 2.42. The molecule has 100 valence electrons. The van der Waals surface area contributed by atoms with Crippen molar-refractivity contribution in [2.24, 2.45) is 0 Å². The molecule has 0 amide bonds. The molecule has 4 rings (SSSR count). The third-order valence-corrected chi connectivity index (χ3v) is 4.41. The minimum Gasteiger partial charge on any atom is -0.496 e. The van der Waals surface area contributed by atoms with Crippen LogP contribution in [-0.4, -0.2) is 13.2 Å². The molecule has 0 aromatic heterocycles. The lowest BCUT2D eigenvalue weighted by Gasteiger charge is -2.13. The Morgan fingerprint density at radius 3 is 2.75 bits per heavy atom. The summed E-state index contributed by atoms with van der Waals surface area (Å²) < 4.78 is 5.53. The van der Waals surface area contributed by atoms with E-state index in [1.807, 2.05) is 0 Å². The van der Waals surface area contributed by atoms with Crippen molar-refractivity contribution < 1.29 is 4.74 Å². The van der Waals surface area contributed by atoms with Crippen molar-refractivity contribution in [2.45, 2.75) is 19.9 Å². The summed E-state index contributed by atoms with van der Waals surface area (Å²) in [5.74, 6) is 0.991. The molecular formula is C18H17NO. The fourth-order valence-electron chi connectivity index (χ4n) is 3.58. The zero-order valence-corrected chi connectivity index (χ0v) is 11.9. The summed E-state index contributed by atoms with van der Waals surface area (Å²) in [5, 5.41) is 6.33. The van der Waals surface area contributed by atoms with E-state index >= 15 is 0 Å². The van der Waals surface area contributed by atoms with E-state index in [0.717, 1.165) is 5.75 Å². The zero-order chi connectivity index (χ0) is 13.9. The lowest BCUT2D eigenvalue weighted by Crippen LogP contribution is -2.22. The number of fused-ring (bicyclic) bond motifs is 4. The van der Waals surface area contributed by atoms with Crippen LogP contribution in [0.15, 0.2) is 30.3 Å². The Morgan fingerprint density at radius 2 is 1.95 bits per heavy atom. The van der Waals surface area contributed by atoms with Gasteiger partial charge in [0.2, 0.25) is 0 Å². The van der Waals surface area contributed by atoms with Crippen molar-refractivity contribution in [1.29, 1.82) is 0 Å². The monoisotopic (exact) mass is 263 g/mol. The molecule has 2 nitrogen and oxygen atoms in total. The highest BCUT2D eigenvalue weighted by molar-refractivity contribution is 5.95. The number of hydrogen-bond donors (Lipinski definition) is 1. The Morgan fingerprint density at radius 1 is 1.15 bits per heavy atom. The van der Waals surface area contributed by atoms with E-state index in [-0.39, 0.29) is 0 Å². The smallest absolute Gasteiger partial charge is 0.126 e. The van der Waals surface area contributed by atoms with Crippen molar-refractivity contribution in [3.8, 4) is 5.75 Å². The van der Waals surface area contributed by atoms with Crippen LogP contribution in [0.2, 0.25) is 0 Å². The minimum atomic E-state index is 0.299. The number of methoxy groups -OCH3 is 1. The van der Waals surface area contributed by atoms with E-state index < -0.39 is 0 Å². The van der Waals surface area contributed by atoms with Gasteiger partial charge in [-0.25, -0.2) is 0 Å². The Hall–Kier alpha value is -2.22. The van der Waals surface area contributed by atoms with Crippen LogP contribution in [0.5, 0.6) is 5.75 Å². The van der Waals surface area contributed by atoms with Crippen LogP contribution in [0.25, 0.3) is 11.6 Å². The molecule has 0 bridgehead atoms. The summed E-state index contributed by atoms with van der Waals surface area (Å²) >= 11 is 0. The fraction of sp³-hybridized carbons (Fsp3) is 0.222. The van der Waals surface area contributed by atoms with Crippen LogP contribution in [0.4, 0.5) is 5.69 Å². The molecule has 0 saturated heterocycles. The number of hydrogen-bond acceptors (Lipinski definition) is 2. The second-order valence-corrected chi connectivity index (χ2v) is 5.56. The van der Waals surface area contributed by atoms with Gasteiger partial charge in [0, 0.05) is 16.8 Å². The number of aryl methyl sites for hydroxylation is 1. The number of anilines is 1. The first kappa shape index (κ1) is 11.6. The van der Waals surface area contributed by atoms with Crippen molar-refractivity contribution >= 4 is 17.3 Å². The Balaban J connectivity index is 2.08. The molecule has 2 aliphatic rings. The topological polar surface area (TPSA) is 21.3 Å². The van der Waals surface area contributed by atoms with Gasteiger partial charge in [-0.1, -0.05) is 24.3 Å². The van der Waals surface area contributed by atoms with Crippen LogP contribution in [0.3, 0.4) is 0 Å². The average Bonchev–Trinajstić information content (AvgIpc) is 2.96. The summed E-state index contributed by atoms with van der Waals surface area (Å²) in [4.78, 5) is 0. The lowest BCUT2D eigenvalue weighted by atomic mass is 9.98. The van der Waals surface area contributed by atoms with Crippen LogP contribution in [0, 0.1) is 13.8 Å². The van der Waals surface area contributed by atoms with E-state index in [1.54, 1.807) is 7.11 Å². The standard InChI is InChI=1S/C18H17NO/c1-10-8-14-16-13-7-5-4-6-12(13)9-15(16)19-17(14)11(2)18(10)20-3/h4-9,15,19H,1-3H3. The van der Waals surface area contributed by atoms with E-state index in [2.05, 4.69) is 55.6 Å². The average molecular weight is 263 g/mol. The maximum absolute atomic E-state index is 5.53. The van der Waals surface area contributed by atoms with E-state index in [1.165, 1.54) is 38.4 Å².